The first-order valence-corrected chi connectivity index (χ1v) is 28.4. The van der Waals surface area contributed by atoms with Crippen molar-refractivity contribution in [2.24, 2.45) is 0 Å². The average Bonchev–Trinajstić information content (AvgIpc) is 3.30. The first kappa shape index (κ1) is 62.8. The molecule has 0 aromatic heterocycles. The standard InChI is InChI=1S/C59H109NO5/c1-4-7-10-13-16-19-22-25-27-28-29-30-31-34-37-40-43-46-49-52-59(64)65-55(50-47-44-41-38-35-32-24-21-18-15-12-9-6-3)53-58(63)60-56(54-61)57(62)51-48-45-42-39-36-33-26-23-20-17-14-11-8-5-2/h9,12,15,18,21,24-25,27,55-57,61-62H,4-8,10-11,13-14,16-17,19-20,22-23,26,28-54H2,1-3H3,(H,60,63)/b12-9+,18-15+,24-21+,27-25+. The smallest absolute Gasteiger partial charge is 0.306 e. The van der Waals surface area contributed by atoms with Crippen LogP contribution in [0, 0.1) is 0 Å². The van der Waals surface area contributed by atoms with Gasteiger partial charge in [-0.25, -0.2) is 0 Å². The zero-order valence-corrected chi connectivity index (χ0v) is 43.4. The lowest BCUT2D eigenvalue weighted by Gasteiger charge is -2.24. The van der Waals surface area contributed by atoms with Gasteiger partial charge in [0.25, 0.3) is 0 Å². The second kappa shape index (κ2) is 52.8. The molecule has 0 aromatic rings. The fraction of sp³-hybridized carbons (Fsp3) is 0.831. The van der Waals surface area contributed by atoms with E-state index in [0.717, 1.165) is 83.5 Å². The third kappa shape index (κ3) is 48.1. The Balaban J connectivity index is 4.51. The van der Waals surface area contributed by atoms with Gasteiger partial charge in [0.2, 0.25) is 5.91 Å². The molecule has 0 rings (SSSR count). The maximum absolute atomic E-state index is 13.2. The molecule has 0 saturated carbocycles. The Morgan fingerprint density at radius 2 is 0.846 bits per heavy atom. The number of esters is 1. The SMILES string of the molecule is CC/C=C/C=C/C=C/CCCCCCCC(CC(=O)NC(CO)C(O)CCCCCCCCCCCCCCCC)OC(=O)CCCCCCCCCCC/C=C/CCCCCCCC. The van der Waals surface area contributed by atoms with Gasteiger partial charge in [0.15, 0.2) is 0 Å². The maximum Gasteiger partial charge on any atom is 0.306 e. The van der Waals surface area contributed by atoms with Crippen LogP contribution in [-0.4, -0.2) is 46.9 Å². The van der Waals surface area contributed by atoms with Gasteiger partial charge in [0.1, 0.15) is 6.10 Å². The third-order valence-electron chi connectivity index (χ3n) is 13.0. The topological polar surface area (TPSA) is 95.9 Å². The molecular weight excluding hydrogens is 803 g/mol. The van der Waals surface area contributed by atoms with E-state index in [1.807, 2.05) is 0 Å². The third-order valence-corrected chi connectivity index (χ3v) is 13.0. The molecule has 0 aromatic carbocycles. The number of hydrogen-bond acceptors (Lipinski definition) is 5. The fourth-order valence-corrected chi connectivity index (χ4v) is 8.66. The molecule has 6 heteroatoms. The summed E-state index contributed by atoms with van der Waals surface area (Å²) in [5.41, 5.74) is 0. The normalized spacial score (nSPS) is 13.5. The van der Waals surface area contributed by atoms with Gasteiger partial charge in [0.05, 0.1) is 25.2 Å². The quantitative estimate of drug-likeness (QED) is 0.0245. The molecule has 0 spiro atoms. The van der Waals surface area contributed by atoms with Gasteiger partial charge in [-0.1, -0.05) is 256 Å². The predicted molar refractivity (Wildman–Crippen MR) is 282 cm³/mol. The molecule has 6 nitrogen and oxygen atoms in total. The van der Waals surface area contributed by atoms with Crippen LogP contribution in [0.25, 0.3) is 0 Å². The molecule has 0 aliphatic rings. The molecule has 380 valence electrons. The first-order valence-electron chi connectivity index (χ1n) is 28.4. The number of carbonyl (C=O) groups is 2. The van der Waals surface area contributed by atoms with E-state index in [4.69, 9.17) is 4.74 Å². The number of hydrogen-bond donors (Lipinski definition) is 3. The van der Waals surface area contributed by atoms with E-state index in [-0.39, 0.29) is 24.9 Å². The molecule has 65 heavy (non-hydrogen) atoms. The molecule has 0 aliphatic carbocycles. The average molecular weight is 913 g/mol. The van der Waals surface area contributed by atoms with E-state index in [0.29, 0.717) is 19.3 Å². The number of nitrogens with one attached hydrogen (secondary N) is 1. The van der Waals surface area contributed by atoms with Crippen molar-refractivity contribution in [3.8, 4) is 0 Å². The van der Waals surface area contributed by atoms with Crippen LogP contribution in [0.3, 0.4) is 0 Å². The number of aliphatic hydroxyl groups is 2. The fourth-order valence-electron chi connectivity index (χ4n) is 8.66. The van der Waals surface area contributed by atoms with Crippen molar-refractivity contribution in [3.05, 3.63) is 48.6 Å². The van der Waals surface area contributed by atoms with E-state index in [2.05, 4.69) is 74.7 Å². The minimum atomic E-state index is -0.794. The van der Waals surface area contributed by atoms with Crippen LogP contribution in [-0.2, 0) is 14.3 Å². The van der Waals surface area contributed by atoms with Crippen LogP contribution in [0.1, 0.15) is 290 Å². The van der Waals surface area contributed by atoms with Crippen molar-refractivity contribution in [1.82, 2.24) is 5.32 Å². The van der Waals surface area contributed by atoms with E-state index in [1.165, 1.54) is 161 Å². The number of carbonyl (C=O) groups excluding carboxylic acids is 2. The Morgan fingerprint density at radius 1 is 0.462 bits per heavy atom. The van der Waals surface area contributed by atoms with Crippen molar-refractivity contribution < 1.29 is 24.5 Å². The molecule has 3 atom stereocenters. The van der Waals surface area contributed by atoms with Gasteiger partial charge in [0, 0.05) is 6.42 Å². The minimum Gasteiger partial charge on any atom is -0.462 e. The molecule has 3 N–H and O–H groups in total. The maximum atomic E-state index is 13.2. The summed E-state index contributed by atoms with van der Waals surface area (Å²) in [5, 5.41) is 23.8. The summed E-state index contributed by atoms with van der Waals surface area (Å²) >= 11 is 0. The number of allylic oxidation sites excluding steroid dienone is 8. The van der Waals surface area contributed by atoms with E-state index >= 15 is 0 Å². The lowest BCUT2D eigenvalue weighted by Crippen LogP contribution is -2.46. The van der Waals surface area contributed by atoms with Crippen LogP contribution in [0.15, 0.2) is 48.6 Å². The molecule has 0 bridgehead atoms. The van der Waals surface area contributed by atoms with Crippen molar-refractivity contribution >= 4 is 11.9 Å². The second-order valence-corrected chi connectivity index (χ2v) is 19.4. The van der Waals surface area contributed by atoms with Crippen LogP contribution < -0.4 is 5.32 Å². The van der Waals surface area contributed by atoms with Crippen molar-refractivity contribution in [2.75, 3.05) is 6.61 Å². The molecular formula is C59H109NO5. The summed E-state index contributed by atoms with van der Waals surface area (Å²) < 4.78 is 5.95. The Labute approximate surface area is 404 Å². The zero-order chi connectivity index (χ0) is 47.4. The van der Waals surface area contributed by atoms with Crippen LogP contribution in [0.4, 0.5) is 0 Å². The summed E-state index contributed by atoms with van der Waals surface area (Å²) in [6, 6.07) is -0.708. The summed E-state index contributed by atoms with van der Waals surface area (Å²) in [6.45, 7) is 6.37. The second-order valence-electron chi connectivity index (χ2n) is 19.4. The highest BCUT2D eigenvalue weighted by molar-refractivity contribution is 5.77. The van der Waals surface area contributed by atoms with Gasteiger partial charge in [-0.15, -0.1) is 0 Å². The minimum absolute atomic E-state index is 0.0645. The molecule has 0 aliphatic heterocycles. The monoisotopic (exact) mass is 912 g/mol. The van der Waals surface area contributed by atoms with Gasteiger partial charge >= 0.3 is 5.97 Å². The highest BCUT2D eigenvalue weighted by atomic mass is 16.5. The van der Waals surface area contributed by atoms with Gasteiger partial charge < -0.3 is 20.3 Å². The first-order chi connectivity index (χ1) is 32.0. The summed E-state index contributed by atoms with van der Waals surface area (Å²) in [7, 11) is 0. The van der Waals surface area contributed by atoms with Crippen molar-refractivity contribution in [1.29, 1.82) is 0 Å². The predicted octanol–water partition coefficient (Wildman–Crippen LogP) is 17.4. The highest BCUT2D eigenvalue weighted by Crippen LogP contribution is 2.18. The van der Waals surface area contributed by atoms with E-state index in [9.17, 15) is 19.8 Å². The number of ether oxygens (including phenoxy) is 1. The van der Waals surface area contributed by atoms with Crippen LogP contribution in [0.5, 0.6) is 0 Å². The van der Waals surface area contributed by atoms with Crippen molar-refractivity contribution in [2.45, 2.75) is 309 Å². The Morgan fingerprint density at radius 3 is 1.29 bits per heavy atom. The Bertz CT molecular complexity index is 1110. The van der Waals surface area contributed by atoms with Gasteiger partial charge in [-0.05, 0) is 70.6 Å². The number of rotatable bonds is 51. The summed E-state index contributed by atoms with van der Waals surface area (Å²) in [6.07, 6.45) is 64.6. The largest absolute Gasteiger partial charge is 0.462 e. The summed E-state index contributed by atoms with van der Waals surface area (Å²) in [5.74, 6) is -0.487. The molecule has 0 radical (unpaired) electrons. The summed E-state index contributed by atoms with van der Waals surface area (Å²) in [4.78, 5) is 26.2. The number of amides is 1. The molecule has 1 amide bonds. The van der Waals surface area contributed by atoms with Crippen LogP contribution >= 0.6 is 0 Å². The molecule has 0 saturated heterocycles. The lowest BCUT2D eigenvalue weighted by atomic mass is 10.0. The number of aliphatic hydroxyl groups excluding tert-OH is 2. The molecule has 3 unspecified atom stereocenters. The molecule has 0 fully saturated rings. The van der Waals surface area contributed by atoms with Crippen molar-refractivity contribution in [3.63, 3.8) is 0 Å². The lowest BCUT2D eigenvalue weighted by molar-refractivity contribution is -0.151. The highest BCUT2D eigenvalue weighted by Gasteiger charge is 2.24. The van der Waals surface area contributed by atoms with E-state index < -0.39 is 18.2 Å². The number of unbranched alkanes of at least 4 members (excludes halogenated alkanes) is 33. The van der Waals surface area contributed by atoms with Gasteiger partial charge in [-0.2, -0.15) is 0 Å². The molecule has 0 heterocycles. The van der Waals surface area contributed by atoms with Crippen LogP contribution in [0.2, 0.25) is 0 Å². The van der Waals surface area contributed by atoms with E-state index in [1.54, 1.807) is 0 Å². The Kier molecular flexibility index (Phi) is 51.0. The Hall–Kier alpha value is -2.18. The van der Waals surface area contributed by atoms with Gasteiger partial charge in [-0.3, -0.25) is 9.59 Å². The zero-order valence-electron chi connectivity index (χ0n) is 43.4.